The fourth-order valence-electron chi connectivity index (χ4n) is 3.43. The van der Waals surface area contributed by atoms with E-state index in [1.165, 1.54) is 7.11 Å². The number of halogens is 3. The SMILES string of the molecule is COc1cc(/C=C2\SC(=O)N(Cc3ccccc3Cl)C2=O)cc(Cl)c1OCC(=O)Nc1ccccc1Cl. The molecular weight excluding hydrogens is 559 g/mol. The van der Waals surface area contributed by atoms with E-state index in [-0.39, 0.29) is 34.6 Å². The molecule has 0 unspecified atom stereocenters. The molecule has 7 nitrogen and oxygen atoms in total. The van der Waals surface area contributed by atoms with Gasteiger partial charge in [-0.05, 0) is 59.3 Å². The molecule has 1 aliphatic rings. The highest BCUT2D eigenvalue weighted by Gasteiger charge is 2.35. The Morgan fingerprint density at radius 3 is 2.41 bits per heavy atom. The maximum atomic E-state index is 12.9. The number of benzene rings is 3. The Morgan fingerprint density at radius 1 is 1.00 bits per heavy atom. The molecule has 1 saturated heterocycles. The Morgan fingerprint density at radius 2 is 1.70 bits per heavy atom. The molecule has 0 saturated carbocycles. The van der Waals surface area contributed by atoms with Gasteiger partial charge in [0.05, 0.1) is 34.3 Å². The summed E-state index contributed by atoms with van der Waals surface area (Å²) >= 11 is 19.5. The van der Waals surface area contributed by atoms with Gasteiger partial charge < -0.3 is 14.8 Å². The van der Waals surface area contributed by atoms with Gasteiger partial charge in [0.2, 0.25) is 0 Å². The van der Waals surface area contributed by atoms with Crippen LogP contribution in [0.4, 0.5) is 10.5 Å². The number of methoxy groups -OCH3 is 1. The fraction of sp³-hybridized carbons (Fsp3) is 0.115. The van der Waals surface area contributed by atoms with Crippen LogP contribution >= 0.6 is 46.6 Å². The smallest absolute Gasteiger partial charge is 0.293 e. The molecule has 11 heteroatoms. The first kappa shape index (κ1) is 26.9. The number of imide groups is 1. The number of ether oxygens (including phenoxy) is 2. The van der Waals surface area contributed by atoms with Crippen molar-refractivity contribution in [2.75, 3.05) is 19.0 Å². The number of hydrogen-bond donors (Lipinski definition) is 1. The van der Waals surface area contributed by atoms with Crippen LogP contribution in [0.25, 0.3) is 6.08 Å². The van der Waals surface area contributed by atoms with Gasteiger partial charge in [-0.25, -0.2) is 0 Å². The van der Waals surface area contributed by atoms with Crippen molar-refractivity contribution in [3.05, 3.63) is 91.8 Å². The van der Waals surface area contributed by atoms with E-state index in [1.54, 1.807) is 66.7 Å². The van der Waals surface area contributed by atoms with Gasteiger partial charge in [-0.3, -0.25) is 19.3 Å². The van der Waals surface area contributed by atoms with Crippen molar-refractivity contribution >= 4 is 75.4 Å². The molecule has 190 valence electrons. The highest BCUT2D eigenvalue weighted by atomic mass is 35.5. The number of thioether (sulfide) groups is 1. The number of rotatable bonds is 8. The molecule has 1 fully saturated rings. The molecule has 0 atom stereocenters. The fourth-order valence-corrected chi connectivity index (χ4v) is 4.92. The zero-order valence-corrected chi connectivity index (χ0v) is 22.4. The van der Waals surface area contributed by atoms with Crippen molar-refractivity contribution in [1.29, 1.82) is 0 Å². The van der Waals surface area contributed by atoms with Crippen LogP contribution in [0.3, 0.4) is 0 Å². The lowest BCUT2D eigenvalue weighted by Crippen LogP contribution is -2.27. The molecule has 37 heavy (non-hydrogen) atoms. The summed E-state index contributed by atoms with van der Waals surface area (Å²) in [6.07, 6.45) is 1.54. The number of anilines is 1. The van der Waals surface area contributed by atoms with Crippen LogP contribution < -0.4 is 14.8 Å². The number of carbonyl (C=O) groups excluding carboxylic acids is 3. The third-order valence-electron chi connectivity index (χ3n) is 5.20. The Kier molecular flexibility index (Phi) is 8.66. The average Bonchev–Trinajstić information content (AvgIpc) is 3.13. The maximum Gasteiger partial charge on any atom is 0.293 e. The number of nitrogens with one attached hydrogen (secondary N) is 1. The Balaban J connectivity index is 1.48. The lowest BCUT2D eigenvalue weighted by Gasteiger charge is -2.14. The summed E-state index contributed by atoms with van der Waals surface area (Å²) in [6, 6.07) is 17.0. The van der Waals surface area contributed by atoms with Crippen LogP contribution in [0, 0.1) is 0 Å². The zero-order chi connectivity index (χ0) is 26.5. The second kappa shape index (κ2) is 11.9. The Bertz CT molecular complexity index is 1410. The van der Waals surface area contributed by atoms with E-state index in [2.05, 4.69) is 5.32 Å². The lowest BCUT2D eigenvalue weighted by atomic mass is 10.1. The predicted octanol–water partition coefficient (Wildman–Crippen LogP) is 6.91. The van der Waals surface area contributed by atoms with Gasteiger partial charge in [0.1, 0.15) is 0 Å². The molecular formula is C26H19Cl3N2O5S. The molecule has 0 aliphatic carbocycles. The number of carbonyl (C=O) groups is 3. The molecule has 0 aromatic heterocycles. The summed E-state index contributed by atoms with van der Waals surface area (Å²) in [7, 11) is 1.42. The monoisotopic (exact) mass is 576 g/mol. The third kappa shape index (κ3) is 6.40. The summed E-state index contributed by atoms with van der Waals surface area (Å²) in [5.41, 5.74) is 1.63. The highest BCUT2D eigenvalue weighted by molar-refractivity contribution is 8.18. The molecule has 0 radical (unpaired) electrons. The lowest BCUT2D eigenvalue weighted by molar-refractivity contribution is -0.123. The predicted molar refractivity (Wildman–Crippen MR) is 147 cm³/mol. The van der Waals surface area contributed by atoms with E-state index in [9.17, 15) is 14.4 Å². The van der Waals surface area contributed by atoms with Crippen LogP contribution in [0.1, 0.15) is 11.1 Å². The highest BCUT2D eigenvalue weighted by Crippen LogP contribution is 2.39. The average molecular weight is 578 g/mol. The molecule has 1 aliphatic heterocycles. The summed E-state index contributed by atoms with van der Waals surface area (Å²) < 4.78 is 11.0. The quantitative estimate of drug-likeness (QED) is 0.293. The second-order valence-corrected chi connectivity index (χ2v) is 9.92. The van der Waals surface area contributed by atoms with E-state index < -0.39 is 17.1 Å². The number of para-hydroxylation sites is 1. The summed E-state index contributed by atoms with van der Waals surface area (Å²) in [5.74, 6) is -0.480. The van der Waals surface area contributed by atoms with Crippen LogP contribution in [0.15, 0.2) is 65.6 Å². The van der Waals surface area contributed by atoms with Crippen molar-refractivity contribution in [2.24, 2.45) is 0 Å². The van der Waals surface area contributed by atoms with Crippen LogP contribution in [-0.4, -0.2) is 35.7 Å². The Hall–Kier alpha value is -3.17. The molecule has 0 bridgehead atoms. The van der Waals surface area contributed by atoms with Crippen molar-refractivity contribution in [2.45, 2.75) is 6.54 Å². The normalized spacial score (nSPS) is 14.3. The first-order chi connectivity index (χ1) is 17.8. The molecule has 3 amide bonds. The van der Waals surface area contributed by atoms with Crippen LogP contribution in [-0.2, 0) is 16.1 Å². The standard InChI is InChI=1S/C26H19Cl3N2O5S/c1-35-21-11-15(10-19(29)24(21)36-14-23(32)30-20-9-5-4-8-18(20)28)12-22-25(33)31(26(34)37-22)13-16-6-2-3-7-17(16)27/h2-12H,13-14H2,1H3,(H,30,32)/b22-12-. The zero-order valence-electron chi connectivity index (χ0n) is 19.3. The van der Waals surface area contributed by atoms with Crippen molar-refractivity contribution < 1.29 is 23.9 Å². The van der Waals surface area contributed by atoms with E-state index in [4.69, 9.17) is 44.3 Å². The van der Waals surface area contributed by atoms with Gasteiger partial charge >= 0.3 is 0 Å². The topological polar surface area (TPSA) is 84.9 Å². The number of hydrogen-bond acceptors (Lipinski definition) is 6. The van der Waals surface area contributed by atoms with E-state index in [0.29, 0.717) is 26.9 Å². The minimum atomic E-state index is -0.443. The first-order valence-electron chi connectivity index (χ1n) is 10.8. The van der Waals surface area contributed by atoms with Gasteiger partial charge in [0.25, 0.3) is 17.1 Å². The summed E-state index contributed by atoms with van der Waals surface area (Å²) in [5, 5.41) is 3.28. The molecule has 3 aromatic rings. The van der Waals surface area contributed by atoms with Gasteiger partial charge in [-0.15, -0.1) is 0 Å². The van der Waals surface area contributed by atoms with Gasteiger partial charge in [0, 0.05) is 5.02 Å². The van der Waals surface area contributed by atoms with Crippen molar-refractivity contribution in [1.82, 2.24) is 4.90 Å². The summed E-state index contributed by atoms with van der Waals surface area (Å²) in [4.78, 5) is 39.1. The number of nitrogens with zero attached hydrogens (tertiary/aromatic N) is 1. The van der Waals surface area contributed by atoms with E-state index in [0.717, 1.165) is 16.7 Å². The minimum absolute atomic E-state index is 0.0643. The van der Waals surface area contributed by atoms with Gasteiger partial charge in [-0.1, -0.05) is 65.1 Å². The van der Waals surface area contributed by atoms with Crippen molar-refractivity contribution in [3.8, 4) is 11.5 Å². The van der Waals surface area contributed by atoms with Crippen LogP contribution in [0.5, 0.6) is 11.5 Å². The largest absolute Gasteiger partial charge is 0.493 e. The second-order valence-electron chi connectivity index (χ2n) is 7.71. The maximum absolute atomic E-state index is 12.9. The van der Waals surface area contributed by atoms with Gasteiger partial charge in [-0.2, -0.15) is 0 Å². The molecule has 1 N–H and O–H groups in total. The molecule has 0 spiro atoms. The Labute approximate surface area is 232 Å². The van der Waals surface area contributed by atoms with Crippen LogP contribution in [0.2, 0.25) is 15.1 Å². The molecule has 3 aromatic carbocycles. The molecule has 1 heterocycles. The van der Waals surface area contributed by atoms with E-state index in [1.807, 2.05) is 0 Å². The van der Waals surface area contributed by atoms with Crippen molar-refractivity contribution in [3.63, 3.8) is 0 Å². The summed E-state index contributed by atoms with van der Waals surface area (Å²) in [6.45, 7) is -0.281. The van der Waals surface area contributed by atoms with Gasteiger partial charge in [0.15, 0.2) is 18.1 Å². The number of amides is 3. The molecule has 4 rings (SSSR count). The third-order valence-corrected chi connectivity index (χ3v) is 7.09. The minimum Gasteiger partial charge on any atom is -0.493 e. The van der Waals surface area contributed by atoms with E-state index >= 15 is 0 Å². The first-order valence-corrected chi connectivity index (χ1v) is 12.8.